The van der Waals surface area contributed by atoms with Gasteiger partial charge < -0.3 is 20.4 Å². The van der Waals surface area contributed by atoms with Crippen LogP contribution in [-0.2, 0) is 9.59 Å². The predicted molar refractivity (Wildman–Crippen MR) is 86.5 cm³/mol. The highest BCUT2D eigenvalue weighted by Gasteiger charge is 2.12. The summed E-state index contributed by atoms with van der Waals surface area (Å²) in [6.07, 6.45) is 4.89. The third-order valence-electron chi connectivity index (χ3n) is 2.23. The highest BCUT2D eigenvalue weighted by molar-refractivity contribution is 5.85. The van der Waals surface area contributed by atoms with Gasteiger partial charge in [-0.05, 0) is 27.2 Å². The molecule has 0 heterocycles. The van der Waals surface area contributed by atoms with Crippen molar-refractivity contribution in [3.05, 3.63) is 24.3 Å². The van der Waals surface area contributed by atoms with E-state index in [0.717, 1.165) is 12.8 Å². The summed E-state index contributed by atoms with van der Waals surface area (Å²) in [5.41, 5.74) is 0.352. The SMILES string of the molecule is C=C(C)C(=O)O.C=C(C)C(=O)O.CCCCCCC(C)(O)O. The van der Waals surface area contributed by atoms with Crippen molar-refractivity contribution in [3.63, 3.8) is 0 Å². The maximum Gasteiger partial charge on any atom is 0.330 e. The van der Waals surface area contributed by atoms with Crippen LogP contribution in [0.5, 0.6) is 0 Å². The van der Waals surface area contributed by atoms with E-state index >= 15 is 0 Å². The molecule has 0 aromatic heterocycles. The van der Waals surface area contributed by atoms with Gasteiger partial charge >= 0.3 is 11.9 Å². The lowest BCUT2D eigenvalue weighted by Gasteiger charge is -2.14. The second kappa shape index (κ2) is 14.3. The Balaban J connectivity index is -0.000000261. The van der Waals surface area contributed by atoms with Crippen LogP contribution in [0.2, 0.25) is 0 Å². The molecule has 0 aliphatic heterocycles. The van der Waals surface area contributed by atoms with Gasteiger partial charge in [0.15, 0.2) is 5.79 Å². The van der Waals surface area contributed by atoms with E-state index in [4.69, 9.17) is 20.4 Å². The van der Waals surface area contributed by atoms with E-state index in [2.05, 4.69) is 20.1 Å². The van der Waals surface area contributed by atoms with Crippen LogP contribution in [-0.4, -0.2) is 38.2 Å². The minimum Gasteiger partial charge on any atom is -0.478 e. The molecule has 0 bridgehead atoms. The fraction of sp³-hybridized carbons (Fsp3) is 0.625. The lowest BCUT2D eigenvalue weighted by atomic mass is 10.1. The van der Waals surface area contributed by atoms with Crippen LogP contribution in [0.1, 0.15) is 59.8 Å². The Kier molecular flexibility index (Phi) is 16.4. The van der Waals surface area contributed by atoms with Gasteiger partial charge in [0, 0.05) is 17.6 Å². The fourth-order valence-electron chi connectivity index (χ4n) is 0.887. The first-order valence-electron chi connectivity index (χ1n) is 7.07. The van der Waals surface area contributed by atoms with Crippen molar-refractivity contribution in [1.82, 2.24) is 0 Å². The van der Waals surface area contributed by atoms with Gasteiger partial charge in [0.05, 0.1) is 0 Å². The van der Waals surface area contributed by atoms with Gasteiger partial charge in [-0.15, -0.1) is 0 Å². The van der Waals surface area contributed by atoms with Crippen molar-refractivity contribution in [2.45, 2.75) is 65.6 Å². The van der Waals surface area contributed by atoms with Crippen LogP contribution >= 0.6 is 0 Å². The fourth-order valence-corrected chi connectivity index (χ4v) is 0.887. The maximum absolute atomic E-state index is 9.60. The van der Waals surface area contributed by atoms with Crippen LogP contribution in [0.3, 0.4) is 0 Å². The van der Waals surface area contributed by atoms with Gasteiger partial charge in [0.25, 0.3) is 0 Å². The Morgan fingerprint density at radius 1 is 0.909 bits per heavy atom. The first-order chi connectivity index (χ1) is 9.85. The minimum atomic E-state index is -1.45. The molecule has 0 spiro atoms. The summed E-state index contributed by atoms with van der Waals surface area (Å²) in [7, 11) is 0. The number of carboxylic acids is 2. The molecule has 0 radical (unpaired) electrons. The van der Waals surface area contributed by atoms with E-state index in [-0.39, 0.29) is 11.1 Å². The van der Waals surface area contributed by atoms with E-state index in [9.17, 15) is 9.59 Å². The number of aliphatic hydroxyl groups is 2. The van der Waals surface area contributed by atoms with E-state index in [0.29, 0.717) is 6.42 Å². The van der Waals surface area contributed by atoms with Gasteiger partial charge in [0.2, 0.25) is 0 Å². The number of hydrogen-bond donors (Lipinski definition) is 4. The van der Waals surface area contributed by atoms with Gasteiger partial charge in [-0.3, -0.25) is 0 Å². The molecule has 0 unspecified atom stereocenters. The van der Waals surface area contributed by atoms with E-state index in [1.54, 1.807) is 0 Å². The molecule has 0 amide bonds. The van der Waals surface area contributed by atoms with Crippen LogP contribution in [0.15, 0.2) is 24.3 Å². The smallest absolute Gasteiger partial charge is 0.330 e. The zero-order chi connectivity index (χ0) is 18.3. The number of hydrogen-bond acceptors (Lipinski definition) is 4. The molecular weight excluding hydrogens is 288 g/mol. The molecule has 0 fully saturated rings. The molecule has 4 N–H and O–H groups in total. The lowest BCUT2D eigenvalue weighted by molar-refractivity contribution is -0.150. The van der Waals surface area contributed by atoms with Crippen molar-refractivity contribution < 1.29 is 30.0 Å². The van der Waals surface area contributed by atoms with Crippen molar-refractivity contribution >= 4 is 11.9 Å². The Bertz CT molecular complexity index is 304. The molecule has 6 nitrogen and oxygen atoms in total. The number of carbonyl (C=O) groups is 2. The Morgan fingerprint density at radius 3 is 1.41 bits per heavy atom. The normalized spacial score (nSPS) is 9.55. The highest BCUT2D eigenvalue weighted by Crippen LogP contribution is 2.11. The van der Waals surface area contributed by atoms with Gasteiger partial charge in [0.1, 0.15) is 0 Å². The first-order valence-corrected chi connectivity index (χ1v) is 7.07. The highest BCUT2D eigenvalue weighted by atomic mass is 16.5. The molecule has 0 saturated heterocycles. The second-order valence-electron chi connectivity index (χ2n) is 5.20. The van der Waals surface area contributed by atoms with Crippen molar-refractivity contribution in [2.75, 3.05) is 0 Å². The maximum atomic E-state index is 9.60. The topological polar surface area (TPSA) is 115 Å². The summed E-state index contributed by atoms with van der Waals surface area (Å²) in [5.74, 6) is -3.32. The molecule has 22 heavy (non-hydrogen) atoms. The minimum absolute atomic E-state index is 0.176. The summed E-state index contributed by atoms with van der Waals surface area (Å²) in [5, 5.41) is 33.5. The summed E-state index contributed by atoms with van der Waals surface area (Å²) < 4.78 is 0. The monoisotopic (exact) mass is 318 g/mol. The summed E-state index contributed by atoms with van der Waals surface area (Å²) >= 11 is 0. The molecule has 0 aromatic rings. The Hall–Kier alpha value is -1.66. The molecule has 0 aliphatic rings. The van der Waals surface area contributed by atoms with Gasteiger partial charge in [-0.1, -0.05) is 39.3 Å². The van der Waals surface area contributed by atoms with E-state index in [1.807, 2.05) is 0 Å². The van der Waals surface area contributed by atoms with Crippen LogP contribution < -0.4 is 0 Å². The third-order valence-corrected chi connectivity index (χ3v) is 2.23. The molecular formula is C16H30O6. The number of rotatable bonds is 7. The first kappa shape index (κ1) is 25.3. The quantitative estimate of drug-likeness (QED) is 0.326. The Morgan fingerprint density at radius 2 is 1.23 bits per heavy atom. The lowest BCUT2D eigenvalue weighted by Crippen LogP contribution is -2.22. The van der Waals surface area contributed by atoms with E-state index in [1.165, 1.54) is 33.6 Å². The number of aliphatic carboxylic acids is 2. The second-order valence-corrected chi connectivity index (χ2v) is 5.20. The molecule has 0 saturated carbocycles. The molecule has 0 aromatic carbocycles. The zero-order valence-electron chi connectivity index (χ0n) is 14.1. The van der Waals surface area contributed by atoms with E-state index < -0.39 is 17.7 Å². The van der Waals surface area contributed by atoms with Gasteiger partial charge in [-0.2, -0.15) is 0 Å². The largest absolute Gasteiger partial charge is 0.478 e. The van der Waals surface area contributed by atoms with Gasteiger partial charge in [-0.25, -0.2) is 9.59 Å². The van der Waals surface area contributed by atoms with Crippen molar-refractivity contribution in [3.8, 4) is 0 Å². The molecule has 0 aliphatic carbocycles. The summed E-state index contributed by atoms with van der Waals surface area (Å²) in [6, 6.07) is 0. The van der Waals surface area contributed by atoms with Crippen LogP contribution in [0.4, 0.5) is 0 Å². The number of unbranched alkanes of at least 4 members (excludes halogenated alkanes) is 3. The molecule has 0 rings (SSSR count). The number of carboxylic acid groups (broad SMARTS) is 2. The zero-order valence-corrected chi connectivity index (χ0v) is 14.1. The third kappa shape index (κ3) is 31.0. The average Bonchev–Trinajstić information content (AvgIpc) is 2.34. The van der Waals surface area contributed by atoms with Crippen LogP contribution in [0, 0.1) is 0 Å². The molecule has 6 heteroatoms. The Labute approximate surface area is 132 Å². The summed E-state index contributed by atoms with van der Waals surface area (Å²) in [6.45, 7) is 12.8. The predicted octanol–water partition coefficient (Wildman–Crippen LogP) is 2.95. The molecule has 130 valence electrons. The summed E-state index contributed by atoms with van der Waals surface area (Å²) in [4.78, 5) is 19.2. The standard InChI is InChI=1S/C8H18O2.2C4H6O2/c1-3-4-5-6-7-8(2,9)10;2*1-3(2)4(5)6/h9-10H,3-7H2,1-2H3;2*1H2,2H3,(H,5,6). The average molecular weight is 318 g/mol. The van der Waals surface area contributed by atoms with Crippen molar-refractivity contribution in [2.24, 2.45) is 0 Å². The van der Waals surface area contributed by atoms with Crippen molar-refractivity contribution in [1.29, 1.82) is 0 Å². The van der Waals surface area contributed by atoms with Crippen LogP contribution in [0.25, 0.3) is 0 Å². The molecule has 0 atom stereocenters.